The van der Waals surface area contributed by atoms with Crippen molar-refractivity contribution in [3.05, 3.63) is 64.9 Å². The molecule has 46 heavy (non-hydrogen) atoms. The van der Waals surface area contributed by atoms with Crippen LogP contribution in [0.1, 0.15) is 57.1 Å². The normalized spacial score (nSPS) is 13.6. The van der Waals surface area contributed by atoms with Crippen molar-refractivity contribution < 1.29 is 56.4 Å². The molecule has 0 saturated carbocycles. The van der Waals surface area contributed by atoms with E-state index in [-0.39, 0.29) is 18.2 Å². The highest BCUT2D eigenvalue weighted by atomic mass is 19.2. The van der Waals surface area contributed by atoms with Crippen LogP contribution in [-0.2, 0) is 25.5 Å². The van der Waals surface area contributed by atoms with Gasteiger partial charge in [-0.25, -0.2) is 8.78 Å². The van der Waals surface area contributed by atoms with E-state index in [9.17, 15) is 47.0 Å². The van der Waals surface area contributed by atoms with Gasteiger partial charge < -0.3 is 35.3 Å². The Hall–Kier alpha value is -4.66. The Kier molecular flexibility index (Phi) is 11.4. The Morgan fingerprint density at radius 1 is 0.978 bits per heavy atom. The van der Waals surface area contributed by atoms with Crippen molar-refractivity contribution in [1.82, 2.24) is 15.6 Å². The standard InChI is InChI=1S/C31H35F4N3O8/c1-14(2)26(38-30(44)27-16(10-23(42)46-31(3,4)5)15-8-6-7-9-19(15)36-27)29(43)37-20(12-22(40)41)21(39)13-45-28-24(34)17(32)11-18(33)25(28)35/h6-9,11,14,20-21,26,36,39H,10,12-13H2,1-5H3,(H,37,43)(H,38,44)(H,40,41)/t20?,21?,26-/m0/s1. The van der Waals surface area contributed by atoms with Crippen LogP contribution < -0.4 is 15.4 Å². The van der Waals surface area contributed by atoms with E-state index in [0.29, 0.717) is 16.5 Å². The summed E-state index contributed by atoms with van der Waals surface area (Å²) in [5.74, 6) is -13.2. The summed E-state index contributed by atoms with van der Waals surface area (Å²) in [6, 6.07) is 3.82. The molecule has 1 heterocycles. The minimum Gasteiger partial charge on any atom is -0.485 e. The molecular weight excluding hydrogens is 618 g/mol. The topological polar surface area (TPSA) is 167 Å². The minimum atomic E-state index is -1.94. The maximum atomic E-state index is 14.0. The lowest BCUT2D eigenvalue weighted by atomic mass is 10.0. The molecule has 5 N–H and O–H groups in total. The number of amides is 2. The fourth-order valence-corrected chi connectivity index (χ4v) is 4.55. The van der Waals surface area contributed by atoms with E-state index in [1.807, 2.05) is 0 Å². The second kappa shape index (κ2) is 14.6. The van der Waals surface area contributed by atoms with Crippen LogP contribution in [-0.4, -0.2) is 69.3 Å². The van der Waals surface area contributed by atoms with E-state index >= 15 is 0 Å². The van der Waals surface area contributed by atoms with Gasteiger partial charge >= 0.3 is 11.9 Å². The zero-order chi connectivity index (χ0) is 34.5. The van der Waals surface area contributed by atoms with Crippen molar-refractivity contribution in [3.63, 3.8) is 0 Å². The van der Waals surface area contributed by atoms with Gasteiger partial charge in [0.25, 0.3) is 5.91 Å². The summed E-state index contributed by atoms with van der Waals surface area (Å²) >= 11 is 0. The van der Waals surface area contributed by atoms with Crippen molar-refractivity contribution in [2.24, 2.45) is 5.92 Å². The number of carboxylic acids is 1. The van der Waals surface area contributed by atoms with Crippen molar-refractivity contribution in [2.45, 2.75) is 71.2 Å². The summed E-state index contributed by atoms with van der Waals surface area (Å²) in [5, 5.41) is 25.3. The molecule has 0 bridgehead atoms. The molecule has 0 aliphatic heterocycles. The van der Waals surface area contributed by atoms with Crippen molar-refractivity contribution >= 4 is 34.7 Å². The van der Waals surface area contributed by atoms with Crippen LogP contribution in [0.25, 0.3) is 10.9 Å². The largest absolute Gasteiger partial charge is 0.485 e. The molecule has 0 fully saturated rings. The van der Waals surface area contributed by atoms with E-state index in [1.165, 1.54) is 0 Å². The number of hydrogen-bond acceptors (Lipinski definition) is 7. The number of esters is 1. The molecule has 0 radical (unpaired) electrons. The Bertz CT molecular complexity index is 1590. The highest BCUT2D eigenvalue weighted by Gasteiger charge is 2.33. The number of aromatic nitrogens is 1. The Morgan fingerprint density at radius 2 is 1.59 bits per heavy atom. The number of fused-ring (bicyclic) bond motifs is 1. The third kappa shape index (κ3) is 8.96. The van der Waals surface area contributed by atoms with Gasteiger partial charge in [0.2, 0.25) is 17.5 Å². The van der Waals surface area contributed by atoms with Crippen LogP contribution in [0.2, 0.25) is 0 Å². The van der Waals surface area contributed by atoms with Gasteiger partial charge in [-0.3, -0.25) is 19.2 Å². The Balaban J connectivity index is 1.82. The highest BCUT2D eigenvalue weighted by Crippen LogP contribution is 2.27. The third-order valence-electron chi connectivity index (χ3n) is 6.67. The number of ether oxygens (including phenoxy) is 2. The number of aliphatic carboxylic acids is 1. The molecule has 3 rings (SSSR count). The second-order valence-electron chi connectivity index (χ2n) is 11.9. The van der Waals surface area contributed by atoms with E-state index in [1.54, 1.807) is 58.9 Å². The number of carbonyl (C=O) groups is 4. The van der Waals surface area contributed by atoms with Crippen molar-refractivity contribution in [1.29, 1.82) is 0 Å². The summed E-state index contributed by atoms with van der Waals surface area (Å²) in [5.41, 5.74) is 0.0411. The molecule has 15 heteroatoms. The SMILES string of the molecule is CC(C)[C@H](NC(=O)c1[nH]c2ccccc2c1CC(=O)OC(C)(C)C)C(=O)NC(CC(=O)O)C(O)COc1c(F)c(F)cc(F)c1F. The van der Waals surface area contributed by atoms with Crippen LogP contribution in [0.5, 0.6) is 5.75 Å². The van der Waals surface area contributed by atoms with Crippen LogP contribution in [0.4, 0.5) is 17.6 Å². The minimum absolute atomic E-state index is 0.0209. The number of halogens is 4. The van der Waals surface area contributed by atoms with Gasteiger partial charge in [-0.05, 0) is 32.8 Å². The van der Waals surface area contributed by atoms with Gasteiger partial charge in [0.05, 0.1) is 18.9 Å². The first-order valence-electron chi connectivity index (χ1n) is 14.2. The lowest BCUT2D eigenvalue weighted by Crippen LogP contribution is -2.55. The third-order valence-corrected chi connectivity index (χ3v) is 6.67. The molecule has 250 valence electrons. The lowest BCUT2D eigenvalue weighted by Gasteiger charge is -2.27. The van der Waals surface area contributed by atoms with Crippen LogP contribution in [0, 0.1) is 29.2 Å². The van der Waals surface area contributed by atoms with E-state index in [4.69, 9.17) is 9.47 Å². The van der Waals surface area contributed by atoms with E-state index in [2.05, 4.69) is 15.6 Å². The monoisotopic (exact) mass is 653 g/mol. The summed E-state index contributed by atoms with van der Waals surface area (Å²) in [4.78, 5) is 54.0. The van der Waals surface area contributed by atoms with E-state index in [0.717, 1.165) is 0 Å². The quantitative estimate of drug-likeness (QED) is 0.106. The molecular formula is C31H35F4N3O8. The van der Waals surface area contributed by atoms with Crippen LogP contribution >= 0.6 is 0 Å². The fraction of sp³-hybridized carbons (Fsp3) is 0.419. The Labute approximate surface area is 261 Å². The number of para-hydroxylation sites is 1. The van der Waals surface area contributed by atoms with Crippen molar-refractivity contribution in [3.8, 4) is 5.75 Å². The summed E-state index contributed by atoms with van der Waals surface area (Å²) in [6.45, 7) is 7.16. The number of aliphatic hydroxyl groups is 1. The molecule has 0 saturated heterocycles. The first-order valence-corrected chi connectivity index (χ1v) is 14.2. The number of aliphatic hydroxyl groups excluding tert-OH is 1. The van der Waals surface area contributed by atoms with Crippen molar-refractivity contribution in [2.75, 3.05) is 6.61 Å². The number of carboxylic acid groups (broad SMARTS) is 1. The lowest BCUT2D eigenvalue weighted by molar-refractivity contribution is -0.154. The van der Waals surface area contributed by atoms with Gasteiger partial charge in [0.15, 0.2) is 17.4 Å². The average Bonchev–Trinajstić information content (AvgIpc) is 3.30. The van der Waals surface area contributed by atoms with Gasteiger partial charge in [-0.1, -0.05) is 32.0 Å². The van der Waals surface area contributed by atoms with Gasteiger partial charge in [0, 0.05) is 22.5 Å². The number of rotatable bonds is 13. The zero-order valence-corrected chi connectivity index (χ0v) is 25.7. The van der Waals surface area contributed by atoms with Crippen LogP contribution in [0.15, 0.2) is 30.3 Å². The molecule has 2 aromatic carbocycles. The highest BCUT2D eigenvalue weighted by molar-refractivity contribution is 6.04. The fourth-order valence-electron chi connectivity index (χ4n) is 4.55. The molecule has 2 amide bonds. The molecule has 1 aromatic heterocycles. The summed E-state index contributed by atoms with van der Waals surface area (Å²) in [7, 11) is 0. The predicted molar refractivity (Wildman–Crippen MR) is 156 cm³/mol. The summed E-state index contributed by atoms with van der Waals surface area (Å²) < 4.78 is 65.2. The molecule has 3 aromatic rings. The zero-order valence-electron chi connectivity index (χ0n) is 25.7. The van der Waals surface area contributed by atoms with Gasteiger partial charge in [-0.2, -0.15) is 8.78 Å². The Morgan fingerprint density at radius 3 is 2.15 bits per heavy atom. The molecule has 0 aliphatic rings. The van der Waals surface area contributed by atoms with Gasteiger partial charge in [-0.15, -0.1) is 0 Å². The molecule has 0 aliphatic carbocycles. The number of benzene rings is 2. The number of aromatic amines is 1. The van der Waals surface area contributed by atoms with Crippen LogP contribution in [0.3, 0.4) is 0 Å². The second-order valence-corrected chi connectivity index (χ2v) is 11.9. The number of hydrogen-bond donors (Lipinski definition) is 5. The number of carbonyl (C=O) groups excluding carboxylic acids is 3. The molecule has 3 atom stereocenters. The predicted octanol–water partition coefficient (Wildman–Crippen LogP) is 3.76. The molecule has 2 unspecified atom stereocenters. The molecule has 0 spiro atoms. The maximum absolute atomic E-state index is 14.0. The average molecular weight is 654 g/mol. The van der Waals surface area contributed by atoms with Gasteiger partial charge in [0.1, 0.15) is 30.0 Å². The number of nitrogens with one attached hydrogen (secondary N) is 3. The molecule has 11 nitrogen and oxygen atoms in total. The number of H-pyrrole nitrogens is 1. The smallest absolute Gasteiger partial charge is 0.310 e. The summed E-state index contributed by atoms with van der Waals surface area (Å²) in [6.07, 6.45) is -3.12. The van der Waals surface area contributed by atoms with E-state index < -0.39 is 95.5 Å². The maximum Gasteiger partial charge on any atom is 0.310 e. The first kappa shape index (κ1) is 35.8. The first-order chi connectivity index (χ1) is 21.4.